The first kappa shape index (κ1) is 33.1. The topological polar surface area (TPSA) is 158 Å². The van der Waals surface area contributed by atoms with Gasteiger partial charge in [0.1, 0.15) is 5.75 Å². The van der Waals surface area contributed by atoms with Crippen LogP contribution < -0.4 is 31.7 Å². The first-order chi connectivity index (χ1) is 22.1. The highest BCUT2D eigenvalue weighted by atomic mass is 16.5. The molecule has 12 nitrogen and oxygen atoms in total. The lowest BCUT2D eigenvalue weighted by molar-refractivity contribution is 0.0511. The Labute approximate surface area is 264 Å². The van der Waals surface area contributed by atoms with Crippen molar-refractivity contribution in [3.8, 4) is 5.75 Å². The van der Waals surface area contributed by atoms with E-state index in [1.54, 1.807) is 19.2 Å². The van der Waals surface area contributed by atoms with Gasteiger partial charge in [-0.2, -0.15) is 15.0 Å². The maximum absolute atomic E-state index is 12.5. The number of amides is 1. The van der Waals surface area contributed by atoms with Crippen molar-refractivity contribution < 1.29 is 19.0 Å². The number of hydrogen-bond acceptors (Lipinski definition) is 11. The number of nitrogens with one attached hydrogen (secondary N) is 4. The number of carbonyl (C=O) groups excluding carboxylic acids is 1. The van der Waals surface area contributed by atoms with Gasteiger partial charge >= 0.3 is 0 Å². The molecule has 4 aromatic rings. The van der Waals surface area contributed by atoms with Crippen LogP contribution in [0.15, 0.2) is 78.9 Å². The number of benzene rings is 3. The minimum Gasteiger partial charge on any atom is -0.497 e. The Morgan fingerprint density at radius 3 is 1.84 bits per heavy atom. The van der Waals surface area contributed by atoms with Crippen LogP contribution in [0.5, 0.6) is 5.75 Å². The van der Waals surface area contributed by atoms with E-state index in [1.165, 1.54) is 5.56 Å². The minimum atomic E-state index is -0.159. The molecule has 0 saturated heterocycles. The number of aromatic nitrogens is 3. The van der Waals surface area contributed by atoms with Crippen molar-refractivity contribution in [3.05, 3.63) is 101 Å². The second-order valence-corrected chi connectivity index (χ2v) is 9.99. The van der Waals surface area contributed by atoms with E-state index in [1.807, 2.05) is 54.6 Å². The summed E-state index contributed by atoms with van der Waals surface area (Å²) in [7, 11) is 1.65. The van der Waals surface area contributed by atoms with Crippen LogP contribution in [-0.4, -0.2) is 74.0 Å². The van der Waals surface area contributed by atoms with Gasteiger partial charge in [-0.25, -0.2) is 0 Å². The fraction of sp³-hybridized carbons (Fsp3) is 0.333. The zero-order chi connectivity index (χ0) is 31.5. The number of nitrogens with two attached hydrogens (primary N) is 1. The van der Waals surface area contributed by atoms with Crippen molar-refractivity contribution in [2.75, 3.05) is 69.1 Å². The quantitative estimate of drug-likeness (QED) is 0.0929. The third kappa shape index (κ3) is 12.0. The smallest absolute Gasteiger partial charge is 0.251 e. The molecule has 0 saturated carbocycles. The molecule has 0 fully saturated rings. The lowest BCUT2D eigenvalue weighted by atomic mass is 10.1. The van der Waals surface area contributed by atoms with Crippen LogP contribution in [-0.2, 0) is 29.0 Å². The van der Waals surface area contributed by atoms with Crippen molar-refractivity contribution in [2.45, 2.75) is 19.5 Å². The molecule has 45 heavy (non-hydrogen) atoms. The molecule has 4 rings (SSSR count). The Morgan fingerprint density at radius 2 is 1.24 bits per heavy atom. The molecule has 0 bridgehead atoms. The Balaban J connectivity index is 1.30. The standard InChI is InChI=1S/C33H42N8O4/c1-43-29-13-9-27(10-14-29)24-38-33-40-31(36-17-15-25-5-3-2-4-6-25)39-32(41-33)37-23-26-7-11-28(12-8-26)30(42)35-18-20-45-22-21-44-19-16-34/h2-14H,15-24,34H2,1H3,(H,35,42)(H3,36,37,38,39,40,41). The third-order valence-electron chi connectivity index (χ3n) is 6.62. The summed E-state index contributed by atoms with van der Waals surface area (Å²) in [5.41, 5.74) is 9.21. The van der Waals surface area contributed by atoms with Crippen LogP contribution in [0.25, 0.3) is 0 Å². The Kier molecular flexibility index (Phi) is 13.8. The largest absolute Gasteiger partial charge is 0.497 e. The molecular formula is C33H42N8O4. The van der Waals surface area contributed by atoms with Crippen LogP contribution in [0.3, 0.4) is 0 Å². The van der Waals surface area contributed by atoms with Crippen molar-refractivity contribution in [3.63, 3.8) is 0 Å². The van der Waals surface area contributed by atoms with Crippen LogP contribution in [0.1, 0.15) is 27.0 Å². The number of methoxy groups -OCH3 is 1. The van der Waals surface area contributed by atoms with E-state index in [2.05, 4.69) is 48.4 Å². The van der Waals surface area contributed by atoms with Crippen molar-refractivity contribution in [2.24, 2.45) is 5.73 Å². The van der Waals surface area contributed by atoms with Gasteiger partial charge in [-0.15, -0.1) is 0 Å². The normalized spacial score (nSPS) is 10.7. The molecule has 1 aromatic heterocycles. The summed E-state index contributed by atoms with van der Waals surface area (Å²) in [5, 5.41) is 12.8. The summed E-state index contributed by atoms with van der Waals surface area (Å²) in [5.74, 6) is 1.99. The van der Waals surface area contributed by atoms with Crippen LogP contribution >= 0.6 is 0 Å². The van der Waals surface area contributed by atoms with Crippen LogP contribution in [0.4, 0.5) is 17.8 Å². The lowest BCUT2D eigenvalue weighted by Crippen LogP contribution is -2.27. The van der Waals surface area contributed by atoms with E-state index in [0.717, 1.165) is 23.3 Å². The molecule has 0 aliphatic rings. The molecule has 0 aliphatic carbocycles. The number of rotatable bonds is 20. The Bertz CT molecular complexity index is 1420. The summed E-state index contributed by atoms with van der Waals surface area (Å²) >= 11 is 0. The molecule has 238 valence electrons. The van der Waals surface area contributed by atoms with E-state index in [0.29, 0.717) is 82.6 Å². The second kappa shape index (κ2) is 18.8. The molecule has 0 unspecified atom stereocenters. The summed E-state index contributed by atoms with van der Waals surface area (Å²) in [6.07, 6.45) is 0.834. The molecule has 0 spiro atoms. The number of ether oxygens (including phenoxy) is 3. The average molecular weight is 615 g/mol. The fourth-order valence-corrected chi connectivity index (χ4v) is 4.20. The summed E-state index contributed by atoms with van der Waals surface area (Å²) in [4.78, 5) is 26.2. The van der Waals surface area contributed by atoms with Gasteiger partial charge in [-0.1, -0.05) is 54.6 Å². The highest BCUT2D eigenvalue weighted by Crippen LogP contribution is 2.15. The maximum atomic E-state index is 12.5. The van der Waals surface area contributed by atoms with Gasteiger partial charge in [0.2, 0.25) is 17.8 Å². The Hall–Kier alpha value is -4.78. The monoisotopic (exact) mass is 614 g/mol. The molecule has 0 aliphatic heterocycles. The van der Waals surface area contributed by atoms with Gasteiger partial charge in [0.05, 0.1) is 33.5 Å². The number of anilines is 3. The minimum absolute atomic E-state index is 0.159. The van der Waals surface area contributed by atoms with Gasteiger partial charge in [-0.3, -0.25) is 4.79 Å². The summed E-state index contributed by atoms with van der Waals surface area (Å²) in [6, 6.07) is 25.4. The van der Waals surface area contributed by atoms with Gasteiger partial charge in [0, 0.05) is 38.3 Å². The molecule has 3 aromatic carbocycles. The molecule has 1 amide bonds. The van der Waals surface area contributed by atoms with E-state index in [-0.39, 0.29) is 5.91 Å². The number of carbonyl (C=O) groups is 1. The maximum Gasteiger partial charge on any atom is 0.251 e. The van der Waals surface area contributed by atoms with Gasteiger partial charge < -0.3 is 41.2 Å². The first-order valence-electron chi connectivity index (χ1n) is 15.0. The molecule has 12 heteroatoms. The van der Waals surface area contributed by atoms with E-state index in [4.69, 9.17) is 19.9 Å². The second-order valence-electron chi connectivity index (χ2n) is 9.99. The highest BCUT2D eigenvalue weighted by molar-refractivity contribution is 5.94. The first-order valence-corrected chi connectivity index (χ1v) is 15.0. The van der Waals surface area contributed by atoms with Gasteiger partial charge in [0.25, 0.3) is 5.91 Å². The fourth-order valence-electron chi connectivity index (χ4n) is 4.20. The Morgan fingerprint density at radius 1 is 0.667 bits per heavy atom. The SMILES string of the molecule is COc1ccc(CNc2nc(NCCc3ccccc3)nc(NCc3ccc(C(=O)NCCOCCOCCN)cc3)n2)cc1. The van der Waals surface area contributed by atoms with Crippen LogP contribution in [0.2, 0.25) is 0 Å². The molecular weight excluding hydrogens is 572 g/mol. The average Bonchev–Trinajstić information content (AvgIpc) is 3.08. The van der Waals surface area contributed by atoms with E-state index in [9.17, 15) is 4.79 Å². The van der Waals surface area contributed by atoms with Gasteiger partial charge in [0.15, 0.2) is 0 Å². The third-order valence-corrected chi connectivity index (χ3v) is 6.62. The zero-order valence-corrected chi connectivity index (χ0v) is 25.6. The summed E-state index contributed by atoms with van der Waals surface area (Å²) < 4.78 is 15.9. The predicted molar refractivity (Wildman–Crippen MR) is 176 cm³/mol. The molecule has 6 N–H and O–H groups in total. The predicted octanol–water partition coefficient (Wildman–Crippen LogP) is 3.48. The lowest BCUT2D eigenvalue weighted by Gasteiger charge is -2.12. The zero-order valence-electron chi connectivity index (χ0n) is 25.6. The highest BCUT2D eigenvalue weighted by Gasteiger charge is 2.09. The number of hydrogen-bond donors (Lipinski definition) is 5. The molecule has 0 atom stereocenters. The van der Waals surface area contributed by atoms with Crippen molar-refractivity contribution >= 4 is 23.8 Å². The molecule has 0 radical (unpaired) electrons. The van der Waals surface area contributed by atoms with Crippen molar-refractivity contribution in [1.82, 2.24) is 20.3 Å². The van der Waals surface area contributed by atoms with Gasteiger partial charge in [-0.05, 0) is 47.4 Å². The van der Waals surface area contributed by atoms with Crippen LogP contribution in [0, 0.1) is 0 Å². The summed E-state index contributed by atoms with van der Waals surface area (Å²) in [6.45, 7) is 4.44. The number of nitrogens with zero attached hydrogens (tertiary/aromatic N) is 3. The van der Waals surface area contributed by atoms with E-state index >= 15 is 0 Å². The molecule has 1 heterocycles. The van der Waals surface area contributed by atoms with E-state index < -0.39 is 0 Å². The van der Waals surface area contributed by atoms with Crippen molar-refractivity contribution in [1.29, 1.82) is 0 Å².